The molecule has 0 N–H and O–H groups in total. The van der Waals surface area contributed by atoms with Gasteiger partial charge < -0.3 is 13.9 Å². The molecule has 0 aliphatic carbocycles. The minimum absolute atomic E-state index is 0.379. The van der Waals surface area contributed by atoms with Crippen LogP contribution in [-0.4, -0.2) is 21.7 Å². The van der Waals surface area contributed by atoms with Crippen LogP contribution in [0, 0.1) is 6.92 Å². The van der Waals surface area contributed by atoms with E-state index in [0.29, 0.717) is 18.1 Å². The molecule has 6 rings (SSSR count). The molecule has 6 aromatic rings. The van der Waals surface area contributed by atoms with Crippen molar-refractivity contribution in [2.45, 2.75) is 13.5 Å². The SMILES string of the molecule is COc1cc(COc2cccc(-c3ccccc3)c2)c2cc(-c3cn4nc(C)sc4n3)oc2c1. The second kappa shape index (κ2) is 8.35. The molecule has 0 saturated heterocycles. The van der Waals surface area contributed by atoms with Crippen LogP contribution in [0.15, 0.2) is 83.4 Å². The van der Waals surface area contributed by atoms with Crippen molar-refractivity contribution in [3.05, 3.63) is 89.6 Å². The summed E-state index contributed by atoms with van der Waals surface area (Å²) in [5.74, 6) is 2.20. The maximum absolute atomic E-state index is 6.20. The van der Waals surface area contributed by atoms with E-state index in [9.17, 15) is 0 Å². The lowest BCUT2D eigenvalue weighted by Crippen LogP contribution is -1.97. The van der Waals surface area contributed by atoms with Crippen LogP contribution < -0.4 is 9.47 Å². The molecule has 0 spiro atoms. The Morgan fingerprint density at radius 3 is 2.62 bits per heavy atom. The molecule has 0 amide bonds. The second-order valence-corrected chi connectivity index (χ2v) is 9.13. The van der Waals surface area contributed by atoms with Crippen molar-refractivity contribution >= 4 is 27.3 Å². The van der Waals surface area contributed by atoms with Crippen molar-refractivity contribution in [3.8, 4) is 34.1 Å². The van der Waals surface area contributed by atoms with Gasteiger partial charge in [0.05, 0.1) is 13.3 Å². The molecule has 0 atom stereocenters. The van der Waals surface area contributed by atoms with Gasteiger partial charge in [0.25, 0.3) is 0 Å². The third kappa shape index (κ3) is 3.80. The first-order chi connectivity index (χ1) is 16.7. The van der Waals surface area contributed by atoms with Crippen molar-refractivity contribution in [3.63, 3.8) is 0 Å². The van der Waals surface area contributed by atoms with Gasteiger partial charge in [-0.15, -0.1) is 0 Å². The molecular formula is C27H21N3O3S. The summed E-state index contributed by atoms with van der Waals surface area (Å²) in [7, 11) is 1.65. The van der Waals surface area contributed by atoms with Gasteiger partial charge in [-0.2, -0.15) is 5.10 Å². The number of ether oxygens (including phenoxy) is 2. The number of methoxy groups -OCH3 is 1. The van der Waals surface area contributed by atoms with Crippen LogP contribution >= 0.6 is 11.3 Å². The maximum atomic E-state index is 6.20. The number of imidazole rings is 1. The quantitative estimate of drug-likeness (QED) is 0.271. The van der Waals surface area contributed by atoms with Crippen LogP contribution in [0.3, 0.4) is 0 Å². The minimum atomic E-state index is 0.379. The third-order valence-corrected chi connectivity index (χ3v) is 6.50. The summed E-state index contributed by atoms with van der Waals surface area (Å²) in [6, 6.07) is 24.3. The van der Waals surface area contributed by atoms with Crippen molar-refractivity contribution < 1.29 is 13.9 Å². The summed E-state index contributed by atoms with van der Waals surface area (Å²) in [6.07, 6.45) is 1.89. The van der Waals surface area contributed by atoms with E-state index >= 15 is 0 Å². The fourth-order valence-corrected chi connectivity index (χ4v) is 4.75. The highest BCUT2D eigenvalue weighted by Gasteiger charge is 2.16. The molecule has 0 radical (unpaired) electrons. The lowest BCUT2D eigenvalue weighted by molar-refractivity contribution is 0.307. The fourth-order valence-electron chi connectivity index (χ4n) is 4.02. The largest absolute Gasteiger partial charge is 0.497 e. The van der Waals surface area contributed by atoms with E-state index in [1.165, 1.54) is 0 Å². The maximum Gasteiger partial charge on any atom is 0.212 e. The highest BCUT2D eigenvalue weighted by Crippen LogP contribution is 2.34. The summed E-state index contributed by atoms with van der Waals surface area (Å²) in [4.78, 5) is 5.51. The molecule has 6 nitrogen and oxygen atoms in total. The highest BCUT2D eigenvalue weighted by atomic mass is 32.1. The van der Waals surface area contributed by atoms with Crippen LogP contribution in [0.25, 0.3) is 38.5 Å². The summed E-state index contributed by atoms with van der Waals surface area (Å²) in [6.45, 7) is 2.35. The van der Waals surface area contributed by atoms with Gasteiger partial charge in [0.15, 0.2) is 5.76 Å². The van der Waals surface area contributed by atoms with Crippen LogP contribution in [-0.2, 0) is 6.61 Å². The average Bonchev–Trinajstić information content (AvgIpc) is 3.55. The summed E-state index contributed by atoms with van der Waals surface area (Å²) in [5, 5.41) is 6.38. The first kappa shape index (κ1) is 20.5. The Labute approximate surface area is 200 Å². The third-order valence-electron chi connectivity index (χ3n) is 5.66. The number of aromatic nitrogens is 3. The second-order valence-electron chi connectivity index (χ2n) is 7.97. The number of furan rings is 1. The van der Waals surface area contributed by atoms with Gasteiger partial charge in [0.2, 0.25) is 4.96 Å². The lowest BCUT2D eigenvalue weighted by atomic mass is 10.1. The first-order valence-corrected chi connectivity index (χ1v) is 11.7. The van der Waals surface area contributed by atoms with E-state index in [2.05, 4.69) is 34.3 Å². The molecule has 0 aliphatic heterocycles. The molecule has 168 valence electrons. The molecule has 0 fully saturated rings. The van der Waals surface area contributed by atoms with Crippen LogP contribution in [0.4, 0.5) is 0 Å². The Morgan fingerprint density at radius 2 is 1.79 bits per heavy atom. The molecular weight excluding hydrogens is 446 g/mol. The highest BCUT2D eigenvalue weighted by molar-refractivity contribution is 7.16. The zero-order chi connectivity index (χ0) is 23.1. The van der Waals surface area contributed by atoms with E-state index in [-0.39, 0.29) is 0 Å². The molecule has 34 heavy (non-hydrogen) atoms. The van der Waals surface area contributed by atoms with Gasteiger partial charge in [0.1, 0.15) is 34.4 Å². The molecule has 0 saturated carbocycles. The molecule has 3 aromatic carbocycles. The number of hydrogen-bond donors (Lipinski definition) is 0. The first-order valence-electron chi connectivity index (χ1n) is 10.9. The van der Waals surface area contributed by atoms with E-state index in [1.54, 1.807) is 23.0 Å². The smallest absolute Gasteiger partial charge is 0.212 e. The van der Waals surface area contributed by atoms with Crippen LogP contribution in [0.5, 0.6) is 11.5 Å². The van der Waals surface area contributed by atoms with Crippen molar-refractivity contribution in [1.29, 1.82) is 0 Å². The zero-order valence-electron chi connectivity index (χ0n) is 18.7. The van der Waals surface area contributed by atoms with Gasteiger partial charge in [-0.3, -0.25) is 0 Å². The van der Waals surface area contributed by atoms with Gasteiger partial charge in [-0.1, -0.05) is 53.8 Å². The molecule has 0 unspecified atom stereocenters. The number of hydrogen-bond acceptors (Lipinski definition) is 6. The minimum Gasteiger partial charge on any atom is -0.497 e. The summed E-state index contributed by atoms with van der Waals surface area (Å²) >= 11 is 1.55. The normalized spacial score (nSPS) is 11.4. The van der Waals surface area contributed by atoms with Gasteiger partial charge in [-0.05, 0) is 42.3 Å². The molecule has 7 heteroatoms. The van der Waals surface area contributed by atoms with E-state index in [1.807, 2.05) is 61.7 Å². The van der Waals surface area contributed by atoms with Crippen molar-refractivity contribution in [1.82, 2.24) is 14.6 Å². The van der Waals surface area contributed by atoms with E-state index in [4.69, 9.17) is 13.9 Å². The molecule has 3 aromatic heterocycles. The Balaban J connectivity index is 1.32. The lowest BCUT2D eigenvalue weighted by Gasteiger charge is -2.10. The number of fused-ring (bicyclic) bond motifs is 2. The average molecular weight is 468 g/mol. The Hall–Kier alpha value is -4.10. The predicted molar refractivity (Wildman–Crippen MR) is 134 cm³/mol. The standard InChI is InChI=1S/C27H21N3O3S/c1-17-29-30-15-24(28-27(30)34-17)26-14-23-20(12-22(31-2)13-25(23)33-26)16-32-21-10-6-9-19(11-21)18-7-4-3-5-8-18/h3-15H,16H2,1-2H3. The fraction of sp³-hybridized carbons (Fsp3) is 0.111. The monoisotopic (exact) mass is 467 g/mol. The van der Waals surface area contributed by atoms with E-state index < -0.39 is 0 Å². The summed E-state index contributed by atoms with van der Waals surface area (Å²) in [5.41, 5.74) is 4.72. The number of aryl methyl sites for hydroxylation is 1. The Kier molecular flexibility index (Phi) is 5.04. The summed E-state index contributed by atoms with van der Waals surface area (Å²) < 4.78 is 19.7. The molecule has 0 aliphatic rings. The van der Waals surface area contributed by atoms with Crippen LogP contribution in [0.1, 0.15) is 10.6 Å². The van der Waals surface area contributed by atoms with Crippen molar-refractivity contribution in [2.75, 3.05) is 7.11 Å². The zero-order valence-corrected chi connectivity index (χ0v) is 19.5. The molecule has 3 heterocycles. The Morgan fingerprint density at radius 1 is 0.941 bits per heavy atom. The van der Waals surface area contributed by atoms with Gasteiger partial charge >= 0.3 is 0 Å². The van der Waals surface area contributed by atoms with Gasteiger partial charge in [-0.25, -0.2) is 9.50 Å². The predicted octanol–water partition coefficient (Wildman–Crippen LogP) is 6.77. The van der Waals surface area contributed by atoms with Crippen LogP contribution in [0.2, 0.25) is 0 Å². The molecule has 0 bridgehead atoms. The van der Waals surface area contributed by atoms with E-state index in [0.717, 1.165) is 49.1 Å². The van der Waals surface area contributed by atoms with Crippen molar-refractivity contribution in [2.24, 2.45) is 0 Å². The topological polar surface area (TPSA) is 61.8 Å². The van der Waals surface area contributed by atoms with Gasteiger partial charge in [0, 0.05) is 17.0 Å². The number of benzene rings is 3. The number of nitrogens with zero attached hydrogens (tertiary/aromatic N) is 3. The Bertz CT molecular complexity index is 1580. The number of rotatable bonds is 6.